The summed E-state index contributed by atoms with van der Waals surface area (Å²) in [7, 11) is 4.55. The Morgan fingerprint density at radius 1 is 1.17 bits per heavy atom. The van der Waals surface area contributed by atoms with Crippen LogP contribution < -0.4 is 0 Å². The molecule has 3 heterocycles. The third-order valence-electron chi connectivity index (χ3n) is 4.06. The second-order valence-corrected chi connectivity index (χ2v) is 4.95. The molecule has 5 atom stereocenters. The lowest BCUT2D eigenvalue weighted by Crippen LogP contribution is -2.59. The molecule has 0 radical (unpaired) electrons. The normalized spacial score (nSPS) is 59.8. The number of likely N-dealkylation sites (N-methyl/N-ethyl adjacent to an activating group) is 1. The van der Waals surface area contributed by atoms with Crippen LogP contribution in [0.5, 0.6) is 0 Å². The van der Waals surface area contributed by atoms with E-state index in [0.29, 0.717) is 24.3 Å². The third-order valence-corrected chi connectivity index (χ3v) is 4.06. The Kier molecular flexibility index (Phi) is 1.13. The molecule has 3 aliphatic heterocycles. The highest BCUT2D eigenvalue weighted by molar-refractivity contribution is 5.07. The Bertz CT molecular complexity index is 209. The maximum Gasteiger partial charge on any atom is 0.142 e. The molecule has 3 aliphatic rings. The highest BCUT2D eigenvalue weighted by atomic mass is 16.6. The van der Waals surface area contributed by atoms with Crippen LogP contribution in [0.15, 0.2) is 0 Å². The smallest absolute Gasteiger partial charge is 0.142 e. The van der Waals surface area contributed by atoms with E-state index in [1.165, 1.54) is 0 Å². The molecular weight excluding hydrogens is 154 g/mol. The number of piperidine rings is 1. The molecule has 12 heavy (non-hydrogen) atoms. The molecule has 1 N–H and O–H groups in total. The van der Waals surface area contributed by atoms with Gasteiger partial charge in [0.1, 0.15) is 24.3 Å². The lowest BCUT2D eigenvalue weighted by Gasteiger charge is -2.44. The van der Waals surface area contributed by atoms with Crippen LogP contribution >= 0.6 is 0 Å². The molecule has 3 fully saturated rings. The molecule has 2 unspecified atom stereocenters. The molecule has 0 aromatic carbocycles. The van der Waals surface area contributed by atoms with Crippen molar-refractivity contribution < 1.29 is 14.3 Å². The van der Waals surface area contributed by atoms with Crippen LogP contribution in [0.3, 0.4) is 0 Å². The van der Waals surface area contributed by atoms with Gasteiger partial charge in [0.05, 0.1) is 20.2 Å². The highest BCUT2D eigenvalue weighted by Gasteiger charge is 2.70. The fourth-order valence-electron chi connectivity index (χ4n) is 3.22. The van der Waals surface area contributed by atoms with Gasteiger partial charge >= 0.3 is 0 Å². The van der Waals surface area contributed by atoms with Crippen LogP contribution in [0.1, 0.15) is 12.8 Å². The van der Waals surface area contributed by atoms with Crippen molar-refractivity contribution in [1.82, 2.24) is 0 Å². The number of hydrogen-bond donors (Lipinski definition) is 1. The predicted molar refractivity (Wildman–Crippen MR) is 43.6 cm³/mol. The maximum absolute atomic E-state index is 9.60. The van der Waals surface area contributed by atoms with E-state index in [1.807, 2.05) is 0 Å². The number of quaternary nitrogens is 1. The van der Waals surface area contributed by atoms with Gasteiger partial charge in [0.2, 0.25) is 0 Å². The van der Waals surface area contributed by atoms with Crippen molar-refractivity contribution in [3.05, 3.63) is 0 Å². The summed E-state index contributed by atoms with van der Waals surface area (Å²) in [6, 6.07) is 1.12. The van der Waals surface area contributed by atoms with Crippen molar-refractivity contribution in [2.45, 2.75) is 43.2 Å². The van der Waals surface area contributed by atoms with Gasteiger partial charge in [0.25, 0.3) is 0 Å². The number of rotatable bonds is 0. The van der Waals surface area contributed by atoms with Gasteiger partial charge in [-0.25, -0.2) is 0 Å². The minimum atomic E-state index is -0.0671. The minimum Gasteiger partial charge on any atom is -0.393 e. The summed E-state index contributed by atoms with van der Waals surface area (Å²) in [5.74, 6) is 0. The van der Waals surface area contributed by atoms with Crippen LogP contribution in [-0.2, 0) is 4.74 Å². The lowest BCUT2D eigenvalue weighted by molar-refractivity contribution is -0.938. The molecule has 0 aliphatic carbocycles. The Balaban J connectivity index is 1.96. The van der Waals surface area contributed by atoms with E-state index in [4.69, 9.17) is 4.74 Å². The van der Waals surface area contributed by atoms with E-state index in [9.17, 15) is 5.11 Å². The number of hydrogen-bond acceptors (Lipinski definition) is 2. The summed E-state index contributed by atoms with van der Waals surface area (Å²) in [6.07, 6.45) is 2.75. The average Bonchev–Trinajstić information content (AvgIpc) is 2.66. The number of ether oxygens (including phenoxy) is 1. The number of morpholine rings is 1. The number of epoxide rings is 1. The summed E-state index contributed by atoms with van der Waals surface area (Å²) >= 11 is 0. The summed E-state index contributed by atoms with van der Waals surface area (Å²) < 4.78 is 6.65. The van der Waals surface area contributed by atoms with E-state index in [0.717, 1.165) is 17.3 Å². The number of aliphatic hydroxyl groups excluding tert-OH is 1. The fourth-order valence-corrected chi connectivity index (χ4v) is 3.22. The largest absolute Gasteiger partial charge is 0.393 e. The molecule has 0 amide bonds. The Morgan fingerprint density at radius 2 is 1.67 bits per heavy atom. The van der Waals surface area contributed by atoms with Gasteiger partial charge in [-0.05, 0) is 0 Å². The van der Waals surface area contributed by atoms with Crippen LogP contribution in [-0.4, -0.2) is 54.1 Å². The van der Waals surface area contributed by atoms with Gasteiger partial charge in [-0.2, -0.15) is 0 Å². The van der Waals surface area contributed by atoms with Crippen molar-refractivity contribution in [3.8, 4) is 0 Å². The molecule has 2 bridgehead atoms. The first-order valence-electron chi connectivity index (χ1n) is 4.77. The SMILES string of the molecule is C[N+]1(C)C2C[C@H](O)C[C@H]1[C@H]1OC21. The standard InChI is InChI=1S/C9H16NO2/c1-10(2)6-3-5(11)4-7(10)9-8(6)12-9/h5-9,11H,3-4H2,1-2H3/q+1/t5-,6+,7?,8-,9?/m1/s1. The van der Waals surface area contributed by atoms with Crippen molar-refractivity contribution in [2.75, 3.05) is 14.1 Å². The van der Waals surface area contributed by atoms with Crippen LogP contribution in [0.25, 0.3) is 0 Å². The Morgan fingerprint density at radius 3 is 2.17 bits per heavy atom. The molecule has 3 saturated heterocycles. The molecule has 0 spiro atoms. The van der Waals surface area contributed by atoms with E-state index in [1.54, 1.807) is 0 Å². The number of fused-ring (bicyclic) bond motifs is 5. The van der Waals surface area contributed by atoms with Gasteiger partial charge in [-0.15, -0.1) is 0 Å². The van der Waals surface area contributed by atoms with Crippen LogP contribution in [0.4, 0.5) is 0 Å². The van der Waals surface area contributed by atoms with E-state index >= 15 is 0 Å². The molecule has 0 aromatic heterocycles. The molecular formula is C9H16NO2+. The zero-order chi connectivity index (χ0) is 8.51. The quantitative estimate of drug-likeness (QED) is 0.401. The van der Waals surface area contributed by atoms with E-state index < -0.39 is 0 Å². The topological polar surface area (TPSA) is 32.8 Å². The zero-order valence-corrected chi connectivity index (χ0v) is 7.60. The van der Waals surface area contributed by atoms with Gasteiger partial charge in [-0.3, -0.25) is 0 Å². The van der Waals surface area contributed by atoms with Crippen LogP contribution in [0.2, 0.25) is 0 Å². The summed E-state index contributed by atoms with van der Waals surface area (Å²) in [5.41, 5.74) is 0. The molecule has 68 valence electrons. The summed E-state index contributed by atoms with van der Waals surface area (Å²) in [6.45, 7) is 0. The fraction of sp³-hybridized carbons (Fsp3) is 1.00. The molecule has 0 aromatic rings. The van der Waals surface area contributed by atoms with Crippen molar-refractivity contribution in [1.29, 1.82) is 0 Å². The van der Waals surface area contributed by atoms with Gasteiger partial charge in [-0.1, -0.05) is 0 Å². The average molecular weight is 170 g/mol. The van der Waals surface area contributed by atoms with Gasteiger partial charge in [0.15, 0.2) is 0 Å². The van der Waals surface area contributed by atoms with E-state index in [2.05, 4.69) is 14.1 Å². The second kappa shape index (κ2) is 1.86. The van der Waals surface area contributed by atoms with Crippen LogP contribution in [0, 0.1) is 0 Å². The van der Waals surface area contributed by atoms with Gasteiger partial charge in [0, 0.05) is 12.8 Å². The molecule has 0 saturated carbocycles. The van der Waals surface area contributed by atoms with Crippen molar-refractivity contribution in [3.63, 3.8) is 0 Å². The number of aliphatic hydroxyl groups is 1. The first kappa shape index (κ1) is 7.30. The van der Waals surface area contributed by atoms with E-state index in [-0.39, 0.29) is 6.10 Å². The monoisotopic (exact) mass is 170 g/mol. The Labute approximate surface area is 72.5 Å². The lowest BCUT2D eigenvalue weighted by atomic mass is 9.97. The summed E-state index contributed by atoms with van der Waals surface area (Å²) in [4.78, 5) is 0. The zero-order valence-electron chi connectivity index (χ0n) is 7.60. The minimum absolute atomic E-state index is 0.0671. The first-order chi connectivity index (χ1) is 5.60. The summed E-state index contributed by atoms with van der Waals surface area (Å²) in [5, 5.41) is 9.60. The van der Waals surface area contributed by atoms with Crippen molar-refractivity contribution >= 4 is 0 Å². The molecule has 3 rings (SSSR count). The second-order valence-electron chi connectivity index (χ2n) is 4.95. The maximum atomic E-state index is 9.60. The first-order valence-corrected chi connectivity index (χ1v) is 4.77. The molecule has 3 nitrogen and oxygen atoms in total. The predicted octanol–water partition coefficient (Wildman–Crippen LogP) is -0.264. The third kappa shape index (κ3) is 0.679. The number of nitrogens with zero attached hydrogens (tertiary/aromatic N) is 1. The highest BCUT2D eigenvalue weighted by Crippen LogP contribution is 2.50. The Hall–Kier alpha value is -0.120. The molecule has 3 heteroatoms. The van der Waals surface area contributed by atoms with Crippen molar-refractivity contribution in [2.24, 2.45) is 0 Å². The van der Waals surface area contributed by atoms with Gasteiger partial charge < -0.3 is 14.3 Å².